The number of para-hydroxylation sites is 1. The van der Waals surface area contributed by atoms with Crippen LogP contribution in [0.25, 0.3) is 17.0 Å². The van der Waals surface area contributed by atoms with Crippen molar-refractivity contribution in [2.45, 2.75) is 6.42 Å². The molecule has 2 aromatic rings. The average Bonchev–Trinajstić information content (AvgIpc) is 2.88. The third kappa shape index (κ3) is 2.88. The molecule has 2 heterocycles. The van der Waals surface area contributed by atoms with Gasteiger partial charge in [0.15, 0.2) is 0 Å². The highest BCUT2D eigenvalue weighted by Gasteiger charge is 2.20. The van der Waals surface area contributed by atoms with Crippen molar-refractivity contribution in [2.75, 3.05) is 0 Å². The normalized spacial score (nSPS) is 18.5. The van der Waals surface area contributed by atoms with Gasteiger partial charge in [-0.3, -0.25) is 9.78 Å². The van der Waals surface area contributed by atoms with Crippen LogP contribution >= 0.6 is 0 Å². The minimum absolute atomic E-state index is 0.0425. The van der Waals surface area contributed by atoms with Gasteiger partial charge in [0.1, 0.15) is 0 Å². The van der Waals surface area contributed by atoms with Crippen LogP contribution in [0.15, 0.2) is 78.7 Å². The van der Waals surface area contributed by atoms with Crippen LogP contribution in [-0.4, -0.2) is 10.9 Å². The summed E-state index contributed by atoms with van der Waals surface area (Å²) in [4.78, 5) is 16.4. The minimum Gasteiger partial charge on any atom is -0.326 e. The van der Waals surface area contributed by atoms with Crippen molar-refractivity contribution in [1.29, 1.82) is 0 Å². The van der Waals surface area contributed by atoms with Crippen molar-refractivity contribution in [1.82, 2.24) is 10.3 Å². The second-order valence-electron chi connectivity index (χ2n) is 5.03. The number of aromatic nitrogens is 1. The van der Waals surface area contributed by atoms with E-state index >= 15 is 0 Å². The molecule has 1 aliphatic heterocycles. The van der Waals surface area contributed by atoms with Gasteiger partial charge in [0.2, 0.25) is 0 Å². The zero-order valence-corrected chi connectivity index (χ0v) is 12.1. The molecule has 0 bridgehead atoms. The fourth-order valence-corrected chi connectivity index (χ4v) is 2.45. The Balaban J connectivity index is 1.94. The van der Waals surface area contributed by atoms with E-state index in [4.69, 9.17) is 0 Å². The molecule has 0 aliphatic carbocycles. The number of pyridine rings is 1. The number of hydrogen-bond donors (Lipinski definition) is 1. The topological polar surface area (TPSA) is 42.0 Å². The zero-order valence-electron chi connectivity index (χ0n) is 12.1. The largest absolute Gasteiger partial charge is 0.326 e. The molecule has 3 heteroatoms. The highest BCUT2D eigenvalue weighted by atomic mass is 16.2. The van der Waals surface area contributed by atoms with E-state index in [1.807, 2.05) is 54.6 Å². The molecule has 1 aromatic carbocycles. The fourth-order valence-electron chi connectivity index (χ4n) is 2.45. The predicted octanol–water partition coefficient (Wildman–Crippen LogP) is 3.76. The molecule has 22 heavy (non-hydrogen) atoms. The number of amides is 1. The number of carbonyl (C=O) groups excluding carboxylic acids is 1. The van der Waals surface area contributed by atoms with Crippen LogP contribution in [0.2, 0.25) is 0 Å². The summed E-state index contributed by atoms with van der Waals surface area (Å²) in [6, 6.07) is 9.86. The Morgan fingerprint density at radius 1 is 1.18 bits per heavy atom. The van der Waals surface area contributed by atoms with Gasteiger partial charge in [-0.25, -0.2) is 0 Å². The molecule has 1 N–H and O–H groups in total. The molecule has 1 fully saturated rings. The van der Waals surface area contributed by atoms with Crippen molar-refractivity contribution in [3.63, 3.8) is 0 Å². The van der Waals surface area contributed by atoms with Crippen LogP contribution < -0.4 is 5.32 Å². The quantitative estimate of drug-likeness (QED) is 0.690. The van der Waals surface area contributed by atoms with Gasteiger partial charge in [0.25, 0.3) is 5.91 Å². The Morgan fingerprint density at radius 3 is 2.91 bits per heavy atom. The number of nitrogens with one attached hydrogen (secondary N) is 1. The van der Waals surface area contributed by atoms with Gasteiger partial charge in [0.05, 0.1) is 5.52 Å². The van der Waals surface area contributed by atoms with Gasteiger partial charge in [-0.15, -0.1) is 0 Å². The SMILES string of the molecule is C=C/C=C\C=C1/C/C(=C\c2ccnc3ccccc23)C(=O)N1. The Bertz CT molecular complexity index is 823. The smallest absolute Gasteiger partial charge is 0.251 e. The van der Waals surface area contributed by atoms with Gasteiger partial charge in [-0.2, -0.15) is 0 Å². The van der Waals surface area contributed by atoms with E-state index in [1.165, 1.54) is 0 Å². The number of hydrogen-bond acceptors (Lipinski definition) is 2. The molecule has 1 saturated heterocycles. The van der Waals surface area contributed by atoms with Crippen LogP contribution in [0.1, 0.15) is 12.0 Å². The molecule has 0 atom stereocenters. The number of allylic oxidation sites excluding steroid dienone is 5. The minimum atomic E-state index is -0.0425. The molecule has 108 valence electrons. The molecule has 1 aliphatic rings. The Kier molecular flexibility index (Phi) is 3.97. The Hall–Kier alpha value is -2.94. The maximum Gasteiger partial charge on any atom is 0.251 e. The average molecular weight is 288 g/mol. The van der Waals surface area contributed by atoms with Gasteiger partial charge >= 0.3 is 0 Å². The van der Waals surface area contributed by atoms with Gasteiger partial charge in [-0.1, -0.05) is 43.0 Å². The van der Waals surface area contributed by atoms with Crippen LogP contribution in [0.5, 0.6) is 0 Å². The molecule has 3 rings (SSSR count). The maximum atomic E-state index is 12.1. The summed E-state index contributed by atoms with van der Waals surface area (Å²) >= 11 is 0. The fraction of sp³-hybridized carbons (Fsp3) is 0.0526. The lowest BCUT2D eigenvalue weighted by Gasteiger charge is -2.01. The molecule has 0 saturated carbocycles. The van der Waals surface area contributed by atoms with E-state index in [2.05, 4.69) is 16.9 Å². The third-order valence-corrected chi connectivity index (χ3v) is 3.50. The van der Waals surface area contributed by atoms with Gasteiger partial charge < -0.3 is 5.32 Å². The molecule has 0 radical (unpaired) electrons. The maximum absolute atomic E-state index is 12.1. The van der Waals surface area contributed by atoms with Crippen molar-refractivity contribution < 1.29 is 4.79 Å². The molecular formula is C19H16N2O. The molecule has 0 unspecified atom stereocenters. The number of rotatable bonds is 3. The molecule has 3 nitrogen and oxygen atoms in total. The second-order valence-corrected chi connectivity index (χ2v) is 5.03. The summed E-state index contributed by atoms with van der Waals surface area (Å²) in [6.07, 6.45) is 11.6. The number of carbonyl (C=O) groups is 1. The predicted molar refractivity (Wildman–Crippen MR) is 89.9 cm³/mol. The van der Waals surface area contributed by atoms with E-state index in [9.17, 15) is 4.79 Å². The first-order valence-corrected chi connectivity index (χ1v) is 7.12. The first-order valence-electron chi connectivity index (χ1n) is 7.12. The van der Waals surface area contributed by atoms with E-state index < -0.39 is 0 Å². The number of benzene rings is 1. The Labute approximate surface area is 129 Å². The third-order valence-electron chi connectivity index (χ3n) is 3.50. The van der Waals surface area contributed by atoms with Crippen molar-refractivity contribution >= 4 is 22.9 Å². The second kappa shape index (κ2) is 6.22. The van der Waals surface area contributed by atoms with E-state index in [0.717, 1.165) is 27.7 Å². The number of nitrogens with zero attached hydrogens (tertiary/aromatic N) is 1. The summed E-state index contributed by atoms with van der Waals surface area (Å²) in [6.45, 7) is 3.62. The van der Waals surface area contributed by atoms with Crippen LogP contribution in [0.3, 0.4) is 0 Å². The molecule has 1 amide bonds. The van der Waals surface area contributed by atoms with Crippen molar-refractivity contribution in [2.24, 2.45) is 0 Å². The lowest BCUT2D eigenvalue weighted by Crippen LogP contribution is -2.13. The summed E-state index contributed by atoms with van der Waals surface area (Å²) in [5.41, 5.74) is 3.60. The first kappa shape index (κ1) is 14.0. The highest BCUT2D eigenvalue weighted by Crippen LogP contribution is 2.24. The van der Waals surface area contributed by atoms with E-state index in [1.54, 1.807) is 12.3 Å². The van der Waals surface area contributed by atoms with Crippen molar-refractivity contribution in [3.8, 4) is 0 Å². The van der Waals surface area contributed by atoms with Gasteiger partial charge in [0, 0.05) is 29.3 Å². The summed E-state index contributed by atoms with van der Waals surface area (Å²) in [5.74, 6) is -0.0425. The van der Waals surface area contributed by atoms with Crippen LogP contribution in [0, 0.1) is 0 Å². The molecular weight excluding hydrogens is 272 g/mol. The van der Waals surface area contributed by atoms with Crippen LogP contribution in [-0.2, 0) is 4.79 Å². The standard InChI is InChI=1S/C19H16N2O/c1-2-3-4-7-16-13-15(19(22)21-16)12-14-10-11-20-18-9-6-5-8-17(14)18/h2-12H,1,13H2,(H,21,22)/b4-3-,15-12+,16-7+. The monoisotopic (exact) mass is 288 g/mol. The van der Waals surface area contributed by atoms with Crippen molar-refractivity contribution in [3.05, 3.63) is 84.2 Å². The molecule has 0 spiro atoms. The summed E-state index contributed by atoms with van der Waals surface area (Å²) in [5, 5.41) is 3.93. The van der Waals surface area contributed by atoms with Crippen LogP contribution in [0.4, 0.5) is 0 Å². The Morgan fingerprint density at radius 2 is 2.05 bits per heavy atom. The summed E-state index contributed by atoms with van der Waals surface area (Å²) < 4.78 is 0. The lowest BCUT2D eigenvalue weighted by atomic mass is 10.0. The lowest BCUT2D eigenvalue weighted by molar-refractivity contribution is -0.115. The first-order chi connectivity index (χ1) is 10.8. The molecule has 1 aromatic heterocycles. The highest BCUT2D eigenvalue weighted by molar-refractivity contribution is 6.04. The number of fused-ring (bicyclic) bond motifs is 1. The van der Waals surface area contributed by atoms with E-state index in [-0.39, 0.29) is 5.91 Å². The van der Waals surface area contributed by atoms with E-state index in [0.29, 0.717) is 6.42 Å². The zero-order chi connectivity index (χ0) is 15.4. The summed E-state index contributed by atoms with van der Waals surface area (Å²) in [7, 11) is 0. The van der Waals surface area contributed by atoms with Gasteiger partial charge in [-0.05, 0) is 29.8 Å².